The number of anilines is 1. The van der Waals surface area contributed by atoms with Crippen LogP contribution in [0.1, 0.15) is 5.56 Å². The number of rotatable bonds is 5. The van der Waals surface area contributed by atoms with Gasteiger partial charge < -0.3 is 10.1 Å². The van der Waals surface area contributed by atoms with E-state index in [0.29, 0.717) is 11.4 Å². The average Bonchev–Trinajstić information content (AvgIpc) is 2.63. The highest BCUT2D eigenvalue weighted by molar-refractivity contribution is 5.90. The van der Waals surface area contributed by atoms with Crippen molar-refractivity contribution in [3.05, 3.63) is 76.6 Å². The molecule has 0 saturated carbocycles. The minimum Gasteiger partial charge on any atom is -0.497 e. The normalized spacial score (nSPS) is 10.4. The number of methoxy groups -OCH3 is 1. The van der Waals surface area contributed by atoms with Crippen molar-refractivity contribution in [2.75, 3.05) is 12.4 Å². The average molecular weight is 349 g/mol. The van der Waals surface area contributed by atoms with Gasteiger partial charge in [-0.3, -0.25) is 9.59 Å². The fraction of sp³-hybridized carbons (Fsp3) is 0.150. The second-order valence-corrected chi connectivity index (χ2v) is 5.86. The van der Waals surface area contributed by atoms with Gasteiger partial charge in [0, 0.05) is 17.3 Å². The molecule has 0 aliphatic heterocycles. The molecule has 2 aromatic carbocycles. The lowest BCUT2D eigenvalue weighted by Gasteiger charge is -2.09. The van der Waals surface area contributed by atoms with Gasteiger partial charge in [-0.15, -0.1) is 0 Å². The van der Waals surface area contributed by atoms with Crippen LogP contribution in [-0.4, -0.2) is 22.8 Å². The molecular weight excluding hydrogens is 330 g/mol. The van der Waals surface area contributed by atoms with Crippen LogP contribution in [0, 0.1) is 6.92 Å². The molecule has 26 heavy (non-hydrogen) atoms. The number of hydrogen-bond donors (Lipinski definition) is 1. The van der Waals surface area contributed by atoms with Crippen LogP contribution in [0.25, 0.3) is 11.3 Å². The lowest BCUT2D eigenvalue weighted by molar-refractivity contribution is -0.117. The molecule has 0 bridgehead atoms. The summed E-state index contributed by atoms with van der Waals surface area (Å²) in [5.41, 5.74) is 2.84. The minimum atomic E-state index is -0.332. The van der Waals surface area contributed by atoms with E-state index >= 15 is 0 Å². The Balaban J connectivity index is 1.79. The molecule has 0 aliphatic carbocycles. The number of aryl methyl sites for hydroxylation is 1. The second kappa shape index (κ2) is 7.65. The Kier molecular flexibility index (Phi) is 5.12. The molecule has 6 heteroatoms. The van der Waals surface area contributed by atoms with E-state index in [9.17, 15) is 9.59 Å². The maximum Gasteiger partial charge on any atom is 0.267 e. The number of aromatic nitrogens is 2. The van der Waals surface area contributed by atoms with E-state index in [2.05, 4.69) is 10.4 Å². The summed E-state index contributed by atoms with van der Waals surface area (Å²) in [4.78, 5) is 24.3. The van der Waals surface area contributed by atoms with Gasteiger partial charge in [0.25, 0.3) is 5.56 Å². The maximum absolute atomic E-state index is 12.2. The van der Waals surface area contributed by atoms with Gasteiger partial charge in [0.2, 0.25) is 5.91 Å². The van der Waals surface area contributed by atoms with Crippen LogP contribution in [0.15, 0.2) is 65.5 Å². The summed E-state index contributed by atoms with van der Waals surface area (Å²) in [6.45, 7) is 1.79. The van der Waals surface area contributed by atoms with Gasteiger partial charge in [-0.05, 0) is 55.0 Å². The maximum atomic E-state index is 12.2. The number of hydrogen-bond acceptors (Lipinski definition) is 4. The van der Waals surface area contributed by atoms with Crippen LogP contribution in [0.3, 0.4) is 0 Å². The second-order valence-electron chi connectivity index (χ2n) is 5.86. The summed E-state index contributed by atoms with van der Waals surface area (Å²) in [5.74, 6) is 0.427. The molecule has 0 radical (unpaired) electrons. The molecular formula is C20H19N3O3. The van der Waals surface area contributed by atoms with Gasteiger partial charge in [0.15, 0.2) is 0 Å². The number of nitrogens with zero attached hydrogens (tertiary/aromatic N) is 2. The third-order valence-electron chi connectivity index (χ3n) is 3.85. The highest BCUT2D eigenvalue weighted by Gasteiger charge is 2.09. The molecule has 3 aromatic rings. The third kappa shape index (κ3) is 4.16. The van der Waals surface area contributed by atoms with E-state index in [1.54, 1.807) is 19.2 Å². The predicted octanol–water partition coefficient (Wildman–Crippen LogP) is 2.87. The van der Waals surface area contributed by atoms with Gasteiger partial charge in [0.05, 0.1) is 12.8 Å². The third-order valence-corrected chi connectivity index (χ3v) is 3.85. The highest BCUT2D eigenvalue weighted by Crippen LogP contribution is 2.19. The van der Waals surface area contributed by atoms with Crippen molar-refractivity contribution in [2.24, 2.45) is 0 Å². The summed E-state index contributed by atoms with van der Waals surface area (Å²) in [6.07, 6.45) is 0. The fourth-order valence-electron chi connectivity index (χ4n) is 2.54. The Bertz CT molecular complexity index is 978. The molecule has 0 aliphatic rings. The first-order valence-electron chi connectivity index (χ1n) is 8.14. The first-order valence-corrected chi connectivity index (χ1v) is 8.14. The Morgan fingerprint density at radius 3 is 2.58 bits per heavy atom. The largest absolute Gasteiger partial charge is 0.497 e. The number of carbonyl (C=O) groups excluding carboxylic acids is 1. The lowest BCUT2D eigenvalue weighted by Crippen LogP contribution is -2.29. The number of amides is 1. The van der Waals surface area contributed by atoms with E-state index in [1.165, 1.54) is 6.07 Å². The van der Waals surface area contributed by atoms with Crippen molar-refractivity contribution < 1.29 is 9.53 Å². The fourth-order valence-corrected chi connectivity index (χ4v) is 2.54. The monoisotopic (exact) mass is 349 g/mol. The standard InChI is InChI=1S/C20H19N3O3/c1-14-4-3-5-16(12-14)21-19(24)13-23-20(25)11-10-18(22-23)15-6-8-17(26-2)9-7-15/h3-12H,13H2,1-2H3,(H,21,24). The molecule has 0 unspecified atom stereocenters. The molecule has 132 valence electrons. The zero-order chi connectivity index (χ0) is 18.5. The molecule has 1 aromatic heterocycles. The minimum absolute atomic E-state index is 0.156. The van der Waals surface area contributed by atoms with Crippen molar-refractivity contribution in [3.8, 4) is 17.0 Å². The topological polar surface area (TPSA) is 73.2 Å². The molecule has 0 fully saturated rings. The van der Waals surface area contributed by atoms with Gasteiger partial charge in [-0.25, -0.2) is 4.68 Å². The Morgan fingerprint density at radius 2 is 1.88 bits per heavy atom. The van der Waals surface area contributed by atoms with Gasteiger partial charge >= 0.3 is 0 Å². The zero-order valence-electron chi connectivity index (χ0n) is 14.6. The summed E-state index contributed by atoms with van der Waals surface area (Å²) < 4.78 is 6.29. The Morgan fingerprint density at radius 1 is 1.12 bits per heavy atom. The van der Waals surface area contributed by atoms with Crippen molar-refractivity contribution in [1.82, 2.24) is 9.78 Å². The first kappa shape index (κ1) is 17.4. The molecule has 0 saturated heterocycles. The summed E-state index contributed by atoms with van der Waals surface area (Å²) >= 11 is 0. The van der Waals surface area contributed by atoms with E-state index in [0.717, 1.165) is 21.6 Å². The van der Waals surface area contributed by atoms with Crippen molar-refractivity contribution in [2.45, 2.75) is 13.5 Å². The van der Waals surface area contributed by atoms with Gasteiger partial charge in [-0.1, -0.05) is 12.1 Å². The van der Waals surface area contributed by atoms with E-state index in [-0.39, 0.29) is 18.0 Å². The quantitative estimate of drug-likeness (QED) is 0.769. The number of carbonyl (C=O) groups is 1. The van der Waals surface area contributed by atoms with Gasteiger partial charge in [-0.2, -0.15) is 5.10 Å². The lowest BCUT2D eigenvalue weighted by atomic mass is 10.1. The van der Waals surface area contributed by atoms with Crippen LogP contribution in [0.4, 0.5) is 5.69 Å². The van der Waals surface area contributed by atoms with Crippen LogP contribution < -0.4 is 15.6 Å². The van der Waals surface area contributed by atoms with E-state index in [1.807, 2.05) is 49.4 Å². The summed E-state index contributed by atoms with van der Waals surface area (Å²) in [5, 5.41) is 7.08. The van der Waals surface area contributed by atoms with Crippen LogP contribution in [-0.2, 0) is 11.3 Å². The van der Waals surface area contributed by atoms with Crippen LogP contribution in [0.5, 0.6) is 5.75 Å². The molecule has 0 spiro atoms. The Hall–Kier alpha value is -3.41. The van der Waals surface area contributed by atoms with E-state index < -0.39 is 0 Å². The highest BCUT2D eigenvalue weighted by atomic mass is 16.5. The van der Waals surface area contributed by atoms with Crippen LogP contribution >= 0.6 is 0 Å². The summed E-state index contributed by atoms with van der Waals surface area (Å²) in [6, 6.07) is 17.8. The number of nitrogens with one attached hydrogen (secondary N) is 1. The molecule has 1 N–H and O–H groups in total. The van der Waals surface area contributed by atoms with Crippen molar-refractivity contribution >= 4 is 11.6 Å². The number of ether oxygens (including phenoxy) is 1. The molecule has 0 atom stereocenters. The van der Waals surface area contributed by atoms with Crippen molar-refractivity contribution in [1.29, 1.82) is 0 Å². The van der Waals surface area contributed by atoms with Crippen LogP contribution in [0.2, 0.25) is 0 Å². The molecule has 1 heterocycles. The molecule has 3 rings (SSSR count). The number of benzene rings is 2. The SMILES string of the molecule is COc1ccc(-c2ccc(=O)n(CC(=O)Nc3cccc(C)c3)n2)cc1. The first-order chi connectivity index (χ1) is 12.5. The zero-order valence-corrected chi connectivity index (χ0v) is 14.6. The molecule has 1 amide bonds. The smallest absolute Gasteiger partial charge is 0.267 e. The van der Waals surface area contributed by atoms with Gasteiger partial charge in [0.1, 0.15) is 12.3 Å². The van der Waals surface area contributed by atoms with E-state index in [4.69, 9.17) is 4.74 Å². The Labute approximate surface area is 151 Å². The molecule has 6 nitrogen and oxygen atoms in total. The summed E-state index contributed by atoms with van der Waals surface area (Å²) in [7, 11) is 1.60. The van der Waals surface area contributed by atoms with Crippen molar-refractivity contribution in [3.63, 3.8) is 0 Å². The predicted molar refractivity (Wildman–Crippen MR) is 100 cm³/mol.